The Kier molecular flexibility index (Phi) is 3.39. The third-order valence-electron chi connectivity index (χ3n) is 2.29. The van der Waals surface area contributed by atoms with Gasteiger partial charge in [0.05, 0.1) is 7.11 Å². The van der Waals surface area contributed by atoms with Crippen molar-refractivity contribution in [3.05, 3.63) is 36.4 Å². The van der Waals surface area contributed by atoms with Crippen LogP contribution in [0.4, 0.5) is 0 Å². The first-order valence-corrected chi connectivity index (χ1v) is 6.92. The molecule has 0 heterocycles. The summed E-state index contributed by atoms with van der Waals surface area (Å²) in [5, 5.41) is 1.21. The average Bonchev–Trinajstić information content (AvgIpc) is 2.28. The van der Waals surface area contributed by atoms with Gasteiger partial charge in [0, 0.05) is 22.3 Å². The molecule has 0 aliphatic carbocycles. The van der Waals surface area contributed by atoms with Gasteiger partial charge in [-0.2, -0.15) is 8.42 Å². The molecule has 0 radical (unpaired) electrons. The van der Waals surface area contributed by atoms with Crippen LogP contribution in [0.3, 0.4) is 0 Å². The van der Waals surface area contributed by atoms with Gasteiger partial charge in [-0.15, -0.1) is 0 Å². The Hall–Kier alpha value is -1.08. The Morgan fingerprint density at radius 1 is 1.12 bits per heavy atom. The summed E-state index contributed by atoms with van der Waals surface area (Å²) in [5.41, 5.74) is 0. The monoisotopic (exact) mass is 270 g/mol. The third kappa shape index (κ3) is 2.44. The molecule has 90 valence electrons. The van der Waals surface area contributed by atoms with Gasteiger partial charge in [0.2, 0.25) is 0 Å². The maximum atomic E-state index is 11.2. The molecule has 0 saturated carbocycles. The van der Waals surface area contributed by atoms with Crippen molar-refractivity contribution < 1.29 is 17.2 Å². The maximum absolute atomic E-state index is 11.2. The number of fused-ring (bicyclic) bond motifs is 1. The van der Waals surface area contributed by atoms with E-state index >= 15 is 0 Å². The molecule has 0 unspecified atom stereocenters. The Morgan fingerprint density at radius 2 is 1.76 bits per heavy atom. The molecule has 17 heavy (non-hydrogen) atoms. The van der Waals surface area contributed by atoms with E-state index in [9.17, 15) is 8.42 Å². The number of hydrogen-bond donors (Lipinski definition) is 1. The summed E-state index contributed by atoms with van der Waals surface area (Å²) in [6, 6.07) is 9.94. The molecule has 0 fully saturated rings. The topological polar surface area (TPSA) is 63.6 Å². The zero-order valence-electron chi connectivity index (χ0n) is 8.95. The SMILES string of the molecule is COSc1cccc2c(S(=O)(=O)O)cccc12. The van der Waals surface area contributed by atoms with E-state index in [0.29, 0.717) is 5.39 Å². The Bertz CT molecular complexity index is 650. The fourth-order valence-electron chi connectivity index (χ4n) is 1.64. The van der Waals surface area contributed by atoms with Crippen molar-refractivity contribution in [2.75, 3.05) is 7.11 Å². The highest BCUT2D eigenvalue weighted by molar-refractivity contribution is 7.95. The fraction of sp³-hybridized carbons (Fsp3) is 0.0909. The number of rotatable bonds is 3. The molecular weight excluding hydrogens is 260 g/mol. The highest BCUT2D eigenvalue weighted by atomic mass is 32.2. The van der Waals surface area contributed by atoms with E-state index in [1.807, 2.05) is 6.07 Å². The molecular formula is C11H10O4S2. The molecule has 0 atom stereocenters. The lowest BCUT2D eigenvalue weighted by Crippen LogP contribution is -1.99. The van der Waals surface area contributed by atoms with Crippen LogP contribution in [0.1, 0.15) is 0 Å². The smallest absolute Gasteiger partial charge is 0.295 e. The van der Waals surface area contributed by atoms with Gasteiger partial charge in [0.1, 0.15) is 4.90 Å². The van der Waals surface area contributed by atoms with Crippen LogP contribution in [0.15, 0.2) is 46.2 Å². The third-order valence-corrected chi connectivity index (χ3v) is 3.91. The molecule has 6 heteroatoms. The van der Waals surface area contributed by atoms with Crippen LogP contribution in [-0.4, -0.2) is 20.1 Å². The van der Waals surface area contributed by atoms with E-state index in [1.54, 1.807) is 24.3 Å². The summed E-state index contributed by atoms with van der Waals surface area (Å²) in [6.07, 6.45) is 0. The second-order valence-corrected chi connectivity index (χ2v) is 5.66. The van der Waals surface area contributed by atoms with E-state index in [0.717, 1.165) is 22.3 Å². The molecule has 0 aliphatic rings. The second kappa shape index (κ2) is 4.66. The maximum Gasteiger partial charge on any atom is 0.295 e. The van der Waals surface area contributed by atoms with E-state index in [2.05, 4.69) is 0 Å². The van der Waals surface area contributed by atoms with Crippen LogP contribution in [0.25, 0.3) is 10.8 Å². The van der Waals surface area contributed by atoms with Crippen LogP contribution < -0.4 is 0 Å². The van der Waals surface area contributed by atoms with E-state index < -0.39 is 10.1 Å². The van der Waals surface area contributed by atoms with Crippen LogP contribution in [0.5, 0.6) is 0 Å². The first-order chi connectivity index (χ1) is 8.04. The van der Waals surface area contributed by atoms with Crippen molar-refractivity contribution in [3.8, 4) is 0 Å². The summed E-state index contributed by atoms with van der Waals surface area (Å²) in [7, 11) is -2.67. The van der Waals surface area contributed by atoms with Crippen LogP contribution >= 0.6 is 12.0 Å². The Balaban J connectivity index is 2.79. The van der Waals surface area contributed by atoms with E-state index in [4.69, 9.17) is 8.74 Å². The lowest BCUT2D eigenvalue weighted by atomic mass is 10.1. The van der Waals surface area contributed by atoms with Crippen molar-refractivity contribution in [2.24, 2.45) is 0 Å². The molecule has 2 aromatic carbocycles. The summed E-state index contributed by atoms with van der Waals surface area (Å²) < 4.78 is 36.6. The van der Waals surface area contributed by atoms with Crippen molar-refractivity contribution >= 4 is 32.9 Å². The zero-order valence-corrected chi connectivity index (χ0v) is 10.6. The Morgan fingerprint density at radius 3 is 2.41 bits per heavy atom. The number of benzene rings is 2. The molecule has 0 aliphatic heterocycles. The summed E-state index contributed by atoms with van der Waals surface area (Å²) in [6.45, 7) is 0. The van der Waals surface area contributed by atoms with Gasteiger partial charge < -0.3 is 4.18 Å². The van der Waals surface area contributed by atoms with E-state index in [1.165, 1.54) is 13.2 Å². The lowest BCUT2D eigenvalue weighted by Gasteiger charge is -2.07. The normalized spacial score (nSPS) is 11.9. The first kappa shape index (κ1) is 12.4. The highest BCUT2D eigenvalue weighted by Gasteiger charge is 2.14. The molecule has 0 spiro atoms. The average molecular weight is 270 g/mol. The predicted molar refractivity (Wildman–Crippen MR) is 66.6 cm³/mol. The highest BCUT2D eigenvalue weighted by Crippen LogP contribution is 2.31. The molecule has 2 aromatic rings. The molecule has 0 aromatic heterocycles. The van der Waals surface area contributed by atoms with E-state index in [-0.39, 0.29) is 4.90 Å². The first-order valence-electron chi connectivity index (χ1n) is 4.74. The molecule has 2 rings (SSSR count). The standard InChI is InChI=1S/C11H10O4S2/c1-15-16-10-6-2-5-9-8(10)4-3-7-11(9)17(12,13)14/h2-7H,1H3,(H,12,13,14). The van der Waals surface area contributed by atoms with Crippen LogP contribution in [0.2, 0.25) is 0 Å². The lowest BCUT2D eigenvalue weighted by molar-refractivity contribution is 0.484. The van der Waals surface area contributed by atoms with Gasteiger partial charge in [-0.3, -0.25) is 4.55 Å². The minimum atomic E-state index is -4.21. The van der Waals surface area contributed by atoms with Gasteiger partial charge in [0.25, 0.3) is 10.1 Å². The van der Waals surface area contributed by atoms with Crippen LogP contribution in [0, 0.1) is 0 Å². The van der Waals surface area contributed by atoms with Gasteiger partial charge >= 0.3 is 0 Å². The van der Waals surface area contributed by atoms with Gasteiger partial charge in [-0.25, -0.2) is 0 Å². The minimum Gasteiger partial charge on any atom is -0.314 e. The zero-order chi connectivity index (χ0) is 12.5. The Labute approximate surface area is 104 Å². The molecule has 0 saturated heterocycles. The minimum absolute atomic E-state index is 0.0893. The second-order valence-electron chi connectivity index (χ2n) is 3.33. The van der Waals surface area contributed by atoms with Gasteiger partial charge in [-0.1, -0.05) is 24.3 Å². The molecule has 1 N–H and O–H groups in total. The van der Waals surface area contributed by atoms with Crippen LogP contribution in [-0.2, 0) is 14.3 Å². The summed E-state index contributed by atoms with van der Waals surface area (Å²) in [5.74, 6) is 0. The predicted octanol–water partition coefficient (Wildman–Crippen LogP) is 2.74. The largest absolute Gasteiger partial charge is 0.314 e. The van der Waals surface area contributed by atoms with Crippen molar-refractivity contribution in [1.82, 2.24) is 0 Å². The summed E-state index contributed by atoms with van der Waals surface area (Å²) in [4.78, 5) is 0.712. The fourth-order valence-corrected chi connectivity index (χ4v) is 2.93. The quantitative estimate of drug-likeness (QED) is 0.686. The van der Waals surface area contributed by atoms with Crippen molar-refractivity contribution in [3.63, 3.8) is 0 Å². The molecule has 0 amide bonds. The molecule has 0 bridgehead atoms. The van der Waals surface area contributed by atoms with Gasteiger partial charge in [0.15, 0.2) is 0 Å². The van der Waals surface area contributed by atoms with Gasteiger partial charge in [-0.05, 0) is 17.5 Å². The van der Waals surface area contributed by atoms with Crippen molar-refractivity contribution in [1.29, 1.82) is 0 Å². The summed E-state index contributed by atoms with van der Waals surface area (Å²) >= 11 is 1.15. The van der Waals surface area contributed by atoms with Crippen molar-refractivity contribution in [2.45, 2.75) is 9.79 Å². The number of hydrogen-bond acceptors (Lipinski definition) is 4. The molecule has 4 nitrogen and oxygen atoms in total.